The molecular weight excluding hydrogens is 457 g/mol. The largest absolute Gasteiger partial charge is 0.346 e. The molecule has 3 heterocycles. The first-order valence-corrected chi connectivity index (χ1v) is 11.1. The number of carbonyl (C=O) groups is 2. The molecule has 10 heteroatoms. The van der Waals surface area contributed by atoms with Crippen LogP contribution in [0.3, 0.4) is 0 Å². The number of rotatable bonds is 6. The molecule has 1 fully saturated rings. The molecule has 0 atom stereocenters. The smallest absolute Gasteiger partial charge is 0.326 e. The molecule has 3 aromatic rings. The number of aryl methyl sites for hydroxylation is 1. The second-order valence-corrected chi connectivity index (χ2v) is 8.90. The summed E-state index contributed by atoms with van der Waals surface area (Å²) in [5.41, 5.74) is 2.22. The number of anilines is 1. The van der Waals surface area contributed by atoms with Crippen molar-refractivity contribution < 1.29 is 9.59 Å². The van der Waals surface area contributed by atoms with Gasteiger partial charge in [0.25, 0.3) is 5.91 Å². The molecule has 1 aliphatic rings. The molecule has 0 spiro atoms. The van der Waals surface area contributed by atoms with Crippen molar-refractivity contribution >= 4 is 51.6 Å². The Balaban J connectivity index is 1.43. The molecule has 160 valence electrons. The minimum absolute atomic E-state index is 0.162. The summed E-state index contributed by atoms with van der Waals surface area (Å²) in [6.45, 7) is 3.53. The van der Waals surface area contributed by atoms with Gasteiger partial charge >= 0.3 is 6.03 Å². The van der Waals surface area contributed by atoms with E-state index in [0.717, 1.165) is 11.3 Å². The average Bonchev–Trinajstić information content (AvgIpc) is 3.29. The molecule has 2 aromatic heterocycles. The zero-order chi connectivity index (χ0) is 22.0. The molecule has 3 amide bonds. The van der Waals surface area contributed by atoms with Crippen molar-refractivity contribution in [2.75, 3.05) is 18.0 Å². The molecule has 1 saturated heterocycles. The van der Waals surface area contributed by atoms with Gasteiger partial charge in [0.15, 0.2) is 5.13 Å². The fraction of sp³-hybridized carbons (Fsp3) is 0.238. The van der Waals surface area contributed by atoms with Crippen molar-refractivity contribution in [3.63, 3.8) is 0 Å². The summed E-state index contributed by atoms with van der Waals surface area (Å²) in [5, 5.41) is 4.43. The predicted octanol–water partition coefficient (Wildman–Crippen LogP) is 4.53. The van der Waals surface area contributed by atoms with Gasteiger partial charge in [-0.3, -0.25) is 14.7 Å². The van der Waals surface area contributed by atoms with E-state index in [-0.39, 0.29) is 11.9 Å². The van der Waals surface area contributed by atoms with Gasteiger partial charge in [-0.2, -0.15) is 0 Å². The number of thiazole rings is 1. The molecule has 7 nitrogen and oxygen atoms in total. The van der Waals surface area contributed by atoms with Gasteiger partial charge in [0.05, 0.1) is 17.9 Å². The monoisotopic (exact) mass is 475 g/mol. The lowest BCUT2D eigenvalue weighted by atomic mass is 10.2. The van der Waals surface area contributed by atoms with E-state index >= 15 is 0 Å². The van der Waals surface area contributed by atoms with E-state index in [0.29, 0.717) is 51.9 Å². The first kappa shape index (κ1) is 21.5. The third-order valence-electron chi connectivity index (χ3n) is 4.77. The van der Waals surface area contributed by atoms with Gasteiger partial charge in [-0.05, 0) is 42.8 Å². The summed E-state index contributed by atoms with van der Waals surface area (Å²) >= 11 is 13.3. The number of nitrogens with zero attached hydrogens (tertiary/aromatic N) is 4. The highest BCUT2D eigenvalue weighted by atomic mass is 35.5. The van der Waals surface area contributed by atoms with E-state index in [1.54, 1.807) is 41.1 Å². The summed E-state index contributed by atoms with van der Waals surface area (Å²) in [7, 11) is 0. The Labute approximate surface area is 193 Å². The lowest BCUT2D eigenvalue weighted by Gasteiger charge is -2.17. The lowest BCUT2D eigenvalue weighted by Crippen LogP contribution is -2.31. The normalized spacial score (nSPS) is 13.7. The van der Waals surface area contributed by atoms with Crippen molar-refractivity contribution in [2.45, 2.75) is 20.0 Å². The Morgan fingerprint density at radius 2 is 1.97 bits per heavy atom. The fourth-order valence-corrected chi connectivity index (χ4v) is 4.87. The molecule has 0 radical (unpaired) electrons. The van der Waals surface area contributed by atoms with Crippen LogP contribution >= 0.6 is 34.5 Å². The number of aromatic nitrogens is 2. The zero-order valence-corrected chi connectivity index (χ0v) is 19.0. The number of pyridine rings is 1. The third-order valence-corrected chi connectivity index (χ3v) is 6.38. The Hall–Kier alpha value is -2.68. The van der Waals surface area contributed by atoms with Crippen molar-refractivity contribution in [3.8, 4) is 0 Å². The fourth-order valence-electron chi connectivity index (χ4n) is 3.29. The van der Waals surface area contributed by atoms with Crippen LogP contribution in [0.15, 0.2) is 42.6 Å². The quantitative estimate of drug-likeness (QED) is 0.567. The van der Waals surface area contributed by atoms with Crippen LogP contribution in [0.25, 0.3) is 0 Å². The number of hydrogen-bond donors (Lipinski definition) is 1. The summed E-state index contributed by atoms with van der Waals surface area (Å²) in [4.78, 5) is 38.0. The maximum absolute atomic E-state index is 12.9. The lowest BCUT2D eigenvalue weighted by molar-refractivity contribution is 0.0953. The van der Waals surface area contributed by atoms with Gasteiger partial charge in [0.1, 0.15) is 4.88 Å². The summed E-state index contributed by atoms with van der Waals surface area (Å²) in [6, 6.07) is 10.6. The maximum atomic E-state index is 12.9. The van der Waals surface area contributed by atoms with E-state index in [2.05, 4.69) is 15.3 Å². The average molecular weight is 476 g/mol. The highest BCUT2D eigenvalue weighted by Crippen LogP contribution is 2.30. The number of halogens is 2. The summed E-state index contributed by atoms with van der Waals surface area (Å²) in [6.07, 6.45) is 1.68. The standard InChI is InChI=1S/C21H19Cl2N5O2S/c1-13-18(19(29)25-11-17-4-2-3-5-24-17)31-20(26-13)28-7-6-27(21(28)30)12-14-8-15(22)10-16(23)9-14/h2-5,8-10H,6-7,11-12H2,1H3,(H,25,29). The van der Waals surface area contributed by atoms with Gasteiger partial charge in [-0.15, -0.1) is 0 Å². The first-order chi connectivity index (χ1) is 14.9. The van der Waals surface area contributed by atoms with Crippen LogP contribution in [0.5, 0.6) is 0 Å². The molecule has 0 bridgehead atoms. The topological polar surface area (TPSA) is 78.4 Å². The van der Waals surface area contributed by atoms with Crippen LogP contribution in [0, 0.1) is 6.92 Å². The van der Waals surface area contributed by atoms with Crippen molar-refractivity contribution in [1.29, 1.82) is 0 Å². The summed E-state index contributed by atoms with van der Waals surface area (Å²) < 4.78 is 0. The predicted molar refractivity (Wildman–Crippen MR) is 122 cm³/mol. The van der Waals surface area contributed by atoms with E-state index in [1.165, 1.54) is 11.3 Å². The molecule has 31 heavy (non-hydrogen) atoms. The van der Waals surface area contributed by atoms with Crippen molar-refractivity contribution in [3.05, 3.63) is 74.5 Å². The van der Waals surface area contributed by atoms with Gasteiger partial charge in [0.2, 0.25) is 0 Å². The van der Waals surface area contributed by atoms with Gasteiger partial charge in [0, 0.05) is 35.9 Å². The maximum Gasteiger partial charge on any atom is 0.326 e. The molecule has 4 rings (SSSR count). The number of hydrogen-bond acceptors (Lipinski definition) is 5. The summed E-state index contributed by atoms with van der Waals surface area (Å²) in [5.74, 6) is -0.232. The second-order valence-electron chi connectivity index (χ2n) is 7.05. The highest BCUT2D eigenvalue weighted by molar-refractivity contribution is 7.17. The Morgan fingerprint density at radius 3 is 2.68 bits per heavy atom. The molecule has 0 saturated carbocycles. The van der Waals surface area contributed by atoms with E-state index < -0.39 is 0 Å². The highest BCUT2D eigenvalue weighted by Gasteiger charge is 2.32. The third kappa shape index (κ3) is 4.98. The number of urea groups is 1. The SMILES string of the molecule is Cc1nc(N2CCN(Cc3cc(Cl)cc(Cl)c3)C2=O)sc1C(=O)NCc1ccccn1. The van der Waals surface area contributed by atoms with Gasteiger partial charge in [-0.25, -0.2) is 9.78 Å². The number of amides is 3. The molecule has 0 aliphatic carbocycles. The minimum atomic E-state index is -0.232. The molecule has 1 aliphatic heterocycles. The van der Waals surface area contributed by atoms with Crippen LogP contribution in [-0.4, -0.2) is 39.9 Å². The molecule has 1 N–H and O–H groups in total. The Bertz CT molecular complexity index is 1100. The molecule has 1 aromatic carbocycles. The number of carbonyl (C=O) groups excluding carboxylic acids is 2. The van der Waals surface area contributed by atoms with Crippen LogP contribution < -0.4 is 10.2 Å². The minimum Gasteiger partial charge on any atom is -0.346 e. The van der Waals surface area contributed by atoms with E-state index in [9.17, 15) is 9.59 Å². The van der Waals surface area contributed by atoms with Gasteiger partial charge in [-0.1, -0.05) is 40.6 Å². The second kappa shape index (κ2) is 9.21. The van der Waals surface area contributed by atoms with E-state index in [1.807, 2.05) is 18.2 Å². The van der Waals surface area contributed by atoms with Crippen molar-refractivity contribution in [1.82, 2.24) is 20.2 Å². The van der Waals surface area contributed by atoms with Crippen LogP contribution in [0.1, 0.15) is 26.6 Å². The number of benzene rings is 1. The molecular formula is C21H19Cl2N5O2S. The van der Waals surface area contributed by atoms with Crippen LogP contribution in [0.4, 0.5) is 9.93 Å². The zero-order valence-electron chi connectivity index (χ0n) is 16.6. The van der Waals surface area contributed by atoms with Crippen LogP contribution in [-0.2, 0) is 13.1 Å². The van der Waals surface area contributed by atoms with Crippen LogP contribution in [0.2, 0.25) is 10.0 Å². The Morgan fingerprint density at radius 1 is 1.19 bits per heavy atom. The Kier molecular flexibility index (Phi) is 6.41. The van der Waals surface area contributed by atoms with Crippen molar-refractivity contribution in [2.24, 2.45) is 0 Å². The molecule has 0 unspecified atom stereocenters. The number of nitrogens with one attached hydrogen (secondary N) is 1. The van der Waals surface area contributed by atoms with E-state index in [4.69, 9.17) is 23.2 Å². The van der Waals surface area contributed by atoms with Gasteiger partial charge < -0.3 is 10.2 Å². The first-order valence-electron chi connectivity index (χ1n) is 9.57.